The largest absolute Gasteiger partial charge is 0.396 e. The topological polar surface area (TPSA) is 52.9 Å². The zero-order valence-electron chi connectivity index (χ0n) is 10.5. The monoisotopic (exact) mass is 231 g/mol. The first-order chi connectivity index (χ1) is 7.63. The predicted molar refractivity (Wildman–Crippen MR) is 63.3 cm³/mol. The average molecular weight is 231 g/mol. The van der Waals surface area contributed by atoms with Crippen LogP contribution in [0, 0.1) is 11.3 Å². The van der Waals surface area contributed by atoms with E-state index in [0.717, 1.165) is 39.1 Å². The number of likely N-dealkylation sites (tertiary alicyclic amines) is 1. The van der Waals surface area contributed by atoms with Crippen molar-refractivity contribution in [2.24, 2.45) is 11.3 Å². The highest BCUT2D eigenvalue weighted by Crippen LogP contribution is 2.22. The Bertz CT molecular complexity index is 187. The Labute approximate surface area is 98.2 Å². The van der Waals surface area contributed by atoms with Crippen LogP contribution in [0.4, 0.5) is 0 Å². The van der Waals surface area contributed by atoms with Crippen molar-refractivity contribution in [3.8, 4) is 0 Å². The molecule has 0 aromatic heterocycles. The highest BCUT2D eigenvalue weighted by Gasteiger charge is 2.28. The van der Waals surface area contributed by atoms with Crippen LogP contribution in [0.3, 0.4) is 0 Å². The minimum Gasteiger partial charge on any atom is -0.396 e. The van der Waals surface area contributed by atoms with Gasteiger partial charge in [0.05, 0.1) is 13.2 Å². The maximum Gasteiger partial charge on any atom is 0.0519 e. The summed E-state index contributed by atoms with van der Waals surface area (Å²) in [7, 11) is 1.75. The lowest BCUT2D eigenvalue weighted by atomic mass is 9.90. The molecule has 0 unspecified atom stereocenters. The van der Waals surface area contributed by atoms with E-state index in [-0.39, 0.29) is 18.6 Å². The average Bonchev–Trinajstić information content (AvgIpc) is 2.32. The van der Waals surface area contributed by atoms with Crippen LogP contribution in [0.15, 0.2) is 0 Å². The molecule has 0 atom stereocenters. The Morgan fingerprint density at radius 3 is 2.25 bits per heavy atom. The standard InChI is InChI=1S/C12H25NO3/c1-12(9-14,10-15)8-13-5-3-11(4-6-13)7-16-2/h11,14-15H,3-10H2,1-2H3. The van der Waals surface area contributed by atoms with Gasteiger partial charge in [-0.05, 0) is 31.8 Å². The number of rotatable bonds is 6. The second kappa shape index (κ2) is 6.55. The van der Waals surface area contributed by atoms with Gasteiger partial charge in [0.1, 0.15) is 0 Å². The third-order valence-corrected chi connectivity index (χ3v) is 3.48. The molecule has 0 saturated carbocycles. The molecule has 1 heterocycles. The maximum atomic E-state index is 9.25. The van der Waals surface area contributed by atoms with E-state index in [1.807, 2.05) is 6.92 Å². The van der Waals surface area contributed by atoms with Crippen LogP contribution < -0.4 is 0 Å². The molecule has 16 heavy (non-hydrogen) atoms. The van der Waals surface area contributed by atoms with Crippen molar-refractivity contribution in [3.63, 3.8) is 0 Å². The highest BCUT2D eigenvalue weighted by atomic mass is 16.5. The molecule has 4 heteroatoms. The summed E-state index contributed by atoms with van der Waals surface area (Å²) in [5.74, 6) is 0.677. The molecule has 0 aliphatic carbocycles. The van der Waals surface area contributed by atoms with Gasteiger partial charge < -0.3 is 19.8 Å². The Hall–Kier alpha value is -0.160. The van der Waals surface area contributed by atoms with Gasteiger partial charge >= 0.3 is 0 Å². The number of piperidine rings is 1. The summed E-state index contributed by atoms with van der Waals surface area (Å²) in [5.41, 5.74) is -0.367. The van der Waals surface area contributed by atoms with Crippen molar-refractivity contribution >= 4 is 0 Å². The summed E-state index contributed by atoms with van der Waals surface area (Å²) in [5, 5.41) is 18.5. The normalized spacial score (nSPS) is 20.2. The molecule has 0 radical (unpaired) electrons. The van der Waals surface area contributed by atoms with Gasteiger partial charge in [-0.15, -0.1) is 0 Å². The van der Waals surface area contributed by atoms with Crippen molar-refractivity contribution in [1.82, 2.24) is 4.90 Å². The van der Waals surface area contributed by atoms with Crippen LogP contribution in [0.25, 0.3) is 0 Å². The molecule has 0 amide bonds. The Balaban J connectivity index is 2.31. The van der Waals surface area contributed by atoms with Gasteiger partial charge in [-0.3, -0.25) is 0 Å². The van der Waals surface area contributed by atoms with Crippen molar-refractivity contribution in [1.29, 1.82) is 0 Å². The van der Waals surface area contributed by atoms with Crippen LogP contribution in [-0.4, -0.2) is 61.7 Å². The smallest absolute Gasteiger partial charge is 0.0519 e. The van der Waals surface area contributed by atoms with E-state index < -0.39 is 0 Å². The van der Waals surface area contributed by atoms with E-state index in [1.165, 1.54) is 0 Å². The number of ether oxygens (including phenoxy) is 1. The summed E-state index contributed by atoms with van der Waals surface area (Å²) >= 11 is 0. The lowest BCUT2D eigenvalue weighted by molar-refractivity contribution is 0.0186. The molecule has 0 aromatic rings. The van der Waals surface area contributed by atoms with Gasteiger partial charge in [-0.1, -0.05) is 6.92 Å². The lowest BCUT2D eigenvalue weighted by Gasteiger charge is -2.37. The molecule has 1 fully saturated rings. The molecule has 0 aromatic carbocycles. The third kappa shape index (κ3) is 4.01. The maximum absolute atomic E-state index is 9.25. The molecule has 0 spiro atoms. The quantitative estimate of drug-likeness (QED) is 0.692. The fourth-order valence-corrected chi connectivity index (χ4v) is 2.24. The van der Waals surface area contributed by atoms with E-state index in [2.05, 4.69) is 4.90 Å². The van der Waals surface area contributed by atoms with Crippen LogP contribution in [0.5, 0.6) is 0 Å². The molecule has 2 N–H and O–H groups in total. The van der Waals surface area contributed by atoms with E-state index in [4.69, 9.17) is 4.74 Å². The number of aliphatic hydroxyl groups excluding tert-OH is 2. The van der Waals surface area contributed by atoms with Crippen LogP contribution in [0.1, 0.15) is 19.8 Å². The van der Waals surface area contributed by atoms with E-state index >= 15 is 0 Å². The van der Waals surface area contributed by atoms with Crippen molar-refractivity contribution in [2.45, 2.75) is 19.8 Å². The van der Waals surface area contributed by atoms with Crippen molar-refractivity contribution < 1.29 is 14.9 Å². The van der Waals surface area contributed by atoms with Gasteiger partial charge in [-0.2, -0.15) is 0 Å². The zero-order chi connectivity index (χ0) is 12.0. The van der Waals surface area contributed by atoms with Gasteiger partial charge in [0.2, 0.25) is 0 Å². The van der Waals surface area contributed by atoms with Gasteiger partial charge in [0.15, 0.2) is 0 Å². The second-order valence-corrected chi connectivity index (χ2v) is 5.30. The first-order valence-corrected chi connectivity index (χ1v) is 6.06. The minimum atomic E-state index is -0.367. The van der Waals surface area contributed by atoms with Gasteiger partial charge in [0.25, 0.3) is 0 Å². The first kappa shape index (κ1) is 13.9. The lowest BCUT2D eigenvalue weighted by Crippen LogP contribution is -2.44. The molecule has 0 bridgehead atoms. The molecule has 1 aliphatic rings. The van der Waals surface area contributed by atoms with E-state index in [1.54, 1.807) is 7.11 Å². The predicted octanol–water partition coefficient (Wildman–Crippen LogP) is 0.336. The first-order valence-electron chi connectivity index (χ1n) is 6.06. The molecule has 1 saturated heterocycles. The molecule has 4 nitrogen and oxygen atoms in total. The van der Waals surface area contributed by atoms with Gasteiger partial charge in [0, 0.05) is 25.7 Å². The van der Waals surface area contributed by atoms with Crippen LogP contribution in [0.2, 0.25) is 0 Å². The fourth-order valence-electron chi connectivity index (χ4n) is 2.24. The number of hydrogen-bond acceptors (Lipinski definition) is 4. The summed E-state index contributed by atoms with van der Waals surface area (Å²) < 4.78 is 5.16. The molecular formula is C12H25NO3. The Morgan fingerprint density at radius 1 is 1.25 bits per heavy atom. The van der Waals surface area contributed by atoms with Gasteiger partial charge in [-0.25, -0.2) is 0 Å². The minimum absolute atomic E-state index is 0.0432. The van der Waals surface area contributed by atoms with Crippen LogP contribution >= 0.6 is 0 Å². The van der Waals surface area contributed by atoms with E-state index in [0.29, 0.717) is 5.92 Å². The number of methoxy groups -OCH3 is 1. The molecular weight excluding hydrogens is 206 g/mol. The molecule has 1 rings (SSSR count). The van der Waals surface area contributed by atoms with E-state index in [9.17, 15) is 10.2 Å². The fraction of sp³-hybridized carbons (Fsp3) is 1.00. The summed E-state index contributed by atoms with van der Waals surface area (Å²) in [6.07, 6.45) is 2.31. The number of hydrogen-bond donors (Lipinski definition) is 2. The Kier molecular flexibility index (Phi) is 5.69. The second-order valence-electron chi connectivity index (χ2n) is 5.30. The van der Waals surface area contributed by atoms with Crippen molar-refractivity contribution in [3.05, 3.63) is 0 Å². The summed E-state index contributed by atoms with van der Waals surface area (Å²) in [4.78, 5) is 2.33. The zero-order valence-corrected chi connectivity index (χ0v) is 10.5. The van der Waals surface area contributed by atoms with Crippen LogP contribution in [-0.2, 0) is 4.74 Å². The summed E-state index contributed by atoms with van der Waals surface area (Å²) in [6, 6.07) is 0. The SMILES string of the molecule is COCC1CCN(CC(C)(CO)CO)CC1. The molecule has 1 aliphatic heterocycles. The highest BCUT2D eigenvalue weighted by molar-refractivity contribution is 4.80. The molecule has 96 valence electrons. The third-order valence-electron chi connectivity index (χ3n) is 3.48. The Morgan fingerprint density at radius 2 is 1.81 bits per heavy atom. The number of nitrogens with zero attached hydrogens (tertiary/aromatic N) is 1. The van der Waals surface area contributed by atoms with Crippen molar-refractivity contribution in [2.75, 3.05) is 46.6 Å². The summed E-state index contributed by atoms with van der Waals surface area (Å²) in [6.45, 7) is 5.73. The number of aliphatic hydroxyl groups is 2.